The van der Waals surface area contributed by atoms with Crippen molar-refractivity contribution in [3.63, 3.8) is 0 Å². The van der Waals surface area contributed by atoms with Gasteiger partial charge >= 0.3 is 0 Å². The number of hydrogen-bond acceptors (Lipinski definition) is 5. The SMILES string of the molecule is C[C@@H](NC(=O)c1ccc(-n2ncc(C#N)c2N)cc1)[C@H]1CCCO1. The molecule has 7 heteroatoms. The summed E-state index contributed by atoms with van der Waals surface area (Å²) in [6, 6.07) is 8.86. The lowest BCUT2D eigenvalue weighted by Gasteiger charge is -2.20. The fourth-order valence-electron chi connectivity index (χ4n) is 2.78. The minimum absolute atomic E-state index is 0.0281. The molecular weight excluding hydrogens is 306 g/mol. The molecule has 1 saturated heterocycles. The second kappa shape index (κ2) is 6.72. The molecule has 0 unspecified atom stereocenters. The van der Waals surface area contributed by atoms with Gasteiger partial charge in [-0.15, -0.1) is 0 Å². The zero-order chi connectivity index (χ0) is 17.1. The van der Waals surface area contributed by atoms with Crippen molar-refractivity contribution < 1.29 is 9.53 Å². The van der Waals surface area contributed by atoms with Crippen LogP contribution >= 0.6 is 0 Å². The molecule has 2 aromatic rings. The predicted molar refractivity (Wildman–Crippen MR) is 88.6 cm³/mol. The summed E-state index contributed by atoms with van der Waals surface area (Å²) in [4.78, 5) is 12.3. The van der Waals surface area contributed by atoms with Crippen molar-refractivity contribution in [2.24, 2.45) is 0 Å². The van der Waals surface area contributed by atoms with Crippen LogP contribution in [0.3, 0.4) is 0 Å². The zero-order valence-electron chi connectivity index (χ0n) is 13.4. The van der Waals surface area contributed by atoms with Gasteiger partial charge in [0.2, 0.25) is 0 Å². The van der Waals surface area contributed by atoms with Gasteiger partial charge in [-0.2, -0.15) is 10.4 Å². The standard InChI is InChI=1S/C17H19N5O2/c1-11(15-3-2-8-24-15)21-17(23)12-4-6-14(7-5-12)22-16(19)13(9-18)10-20-22/h4-7,10-11,15H,2-3,8,19H2,1H3,(H,21,23)/t11-,15-/m1/s1. The van der Waals surface area contributed by atoms with Gasteiger partial charge in [-0.05, 0) is 44.0 Å². The third-order valence-corrected chi connectivity index (χ3v) is 4.18. The van der Waals surface area contributed by atoms with Crippen molar-refractivity contribution in [1.29, 1.82) is 5.26 Å². The van der Waals surface area contributed by atoms with Gasteiger partial charge in [0.1, 0.15) is 17.5 Å². The number of benzene rings is 1. The molecule has 0 saturated carbocycles. The Morgan fingerprint density at radius 1 is 1.50 bits per heavy atom. The topological polar surface area (TPSA) is 106 Å². The average molecular weight is 325 g/mol. The highest BCUT2D eigenvalue weighted by atomic mass is 16.5. The number of carbonyl (C=O) groups is 1. The number of ether oxygens (including phenoxy) is 1. The number of rotatable bonds is 4. The number of carbonyl (C=O) groups excluding carboxylic acids is 1. The van der Waals surface area contributed by atoms with Gasteiger partial charge in [-0.1, -0.05) is 0 Å². The van der Waals surface area contributed by atoms with Crippen LogP contribution in [0.15, 0.2) is 30.5 Å². The van der Waals surface area contributed by atoms with Crippen LogP contribution < -0.4 is 11.1 Å². The average Bonchev–Trinajstić information content (AvgIpc) is 3.24. The normalized spacial score (nSPS) is 18.1. The number of hydrogen-bond donors (Lipinski definition) is 2. The first-order valence-electron chi connectivity index (χ1n) is 7.86. The molecule has 0 bridgehead atoms. The highest BCUT2D eigenvalue weighted by Crippen LogP contribution is 2.18. The summed E-state index contributed by atoms with van der Waals surface area (Å²) in [5.74, 6) is 0.136. The maximum atomic E-state index is 12.3. The minimum Gasteiger partial charge on any atom is -0.382 e. The van der Waals surface area contributed by atoms with Crippen LogP contribution in [-0.2, 0) is 4.74 Å². The first kappa shape index (κ1) is 16.0. The van der Waals surface area contributed by atoms with Gasteiger partial charge < -0.3 is 15.8 Å². The summed E-state index contributed by atoms with van der Waals surface area (Å²) in [5, 5.41) is 16.0. The van der Waals surface area contributed by atoms with E-state index >= 15 is 0 Å². The van der Waals surface area contributed by atoms with E-state index in [1.165, 1.54) is 10.9 Å². The molecule has 24 heavy (non-hydrogen) atoms. The van der Waals surface area contributed by atoms with E-state index in [0.717, 1.165) is 19.4 Å². The highest BCUT2D eigenvalue weighted by Gasteiger charge is 2.24. The van der Waals surface area contributed by atoms with E-state index in [2.05, 4.69) is 10.4 Å². The first-order valence-corrected chi connectivity index (χ1v) is 7.86. The van der Waals surface area contributed by atoms with Gasteiger partial charge in [0.15, 0.2) is 0 Å². The summed E-state index contributed by atoms with van der Waals surface area (Å²) < 4.78 is 7.06. The largest absolute Gasteiger partial charge is 0.382 e. The quantitative estimate of drug-likeness (QED) is 0.888. The van der Waals surface area contributed by atoms with Crippen molar-refractivity contribution in [2.45, 2.75) is 31.9 Å². The lowest BCUT2D eigenvalue weighted by Crippen LogP contribution is -2.40. The molecule has 1 aromatic carbocycles. The fraction of sp³-hybridized carbons (Fsp3) is 0.353. The van der Waals surface area contributed by atoms with Crippen molar-refractivity contribution in [3.05, 3.63) is 41.6 Å². The Morgan fingerprint density at radius 3 is 2.83 bits per heavy atom. The van der Waals surface area contributed by atoms with Gasteiger partial charge in [-0.25, -0.2) is 4.68 Å². The maximum absolute atomic E-state index is 12.3. The molecule has 7 nitrogen and oxygen atoms in total. The van der Waals surface area contributed by atoms with Gasteiger partial charge in [-0.3, -0.25) is 4.79 Å². The Labute approximate surface area is 140 Å². The maximum Gasteiger partial charge on any atom is 0.251 e. The van der Waals surface area contributed by atoms with E-state index in [0.29, 0.717) is 16.8 Å². The number of amides is 1. The smallest absolute Gasteiger partial charge is 0.251 e. The molecular formula is C17H19N5O2. The zero-order valence-corrected chi connectivity index (χ0v) is 13.4. The molecule has 1 aliphatic rings. The lowest BCUT2D eigenvalue weighted by molar-refractivity contribution is 0.0712. The molecule has 0 radical (unpaired) electrons. The van der Waals surface area contributed by atoms with E-state index in [1.54, 1.807) is 24.3 Å². The second-order valence-corrected chi connectivity index (χ2v) is 5.83. The van der Waals surface area contributed by atoms with Crippen molar-refractivity contribution >= 4 is 11.7 Å². The number of nitrogens with one attached hydrogen (secondary N) is 1. The third kappa shape index (κ3) is 3.09. The van der Waals surface area contributed by atoms with Crippen LogP contribution in [0, 0.1) is 11.3 Å². The van der Waals surface area contributed by atoms with E-state index in [4.69, 9.17) is 15.7 Å². The summed E-state index contributed by atoms with van der Waals surface area (Å²) >= 11 is 0. The Bertz CT molecular complexity index is 769. The predicted octanol–water partition coefficient (Wildman–Crippen LogP) is 1.62. The van der Waals surface area contributed by atoms with Gasteiger partial charge in [0.05, 0.1) is 24.0 Å². The Balaban J connectivity index is 1.70. The number of nitrogens with zero attached hydrogens (tertiary/aromatic N) is 3. The van der Waals surface area contributed by atoms with Crippen molar-refractivity contribution in [3.8, 4) is 11.8 Å². The Kier molecular flexibility index (Phi) is 4.49. The second-order valence-electron chi connectivity index (χ2n) is 5.83. The van der Waals surface area contributed by atoms with Crippen LogP contribution in [0.4, 0.5) is 5.82 Å². The number of nitriles is 1. The number of anilines is 1. The Morgan fingerprint density at radius 2 is 2.25 bits per heavy atom. The molecule has 1 amide bonds. The summed E-state index contributed by atoms with van der Waals surface area (Å²) in [7, 11) is 0. The van der Waals surface area contributed by atoms with Gasteiger partial charge in [0.25, 0.3) is 5.91 Å². The lowest BCUT2D eigenvalue weighted by atomic mass is 10.1. The van der Waals surface area contributed by atoms with E-state index in [9.17, 15) is 4.79 Å². The van der Waals surface area contributed by atoms with Crippen LogP contribution in [0.2, 0.25) is 0 Å². The first-order chi connectivity index (χ1) is 11.6. The molecule has 3 N–H and O–H groups in total. The third-order valence-electron chi connectivity index (χ3n) is 4.18. The fourth-order valence-corrected chi connectivity index (χ4v) is 2.78. The van der Waals surface area contributed by atoms with E-state index in [1.807, 2.05) is 13.0 Å². The molecule has 3 rings (SSSR count). The van der Waals surface area contributed by atoms with Crippen LogP contribution in [0.25, 0.3) is 5.69 Å². The molecule has 1 fully saturated rings. The van der Waals surface area contributed by atoms with Crippen LogP contribution in [-0.4, -0.2) is 34.4 Å². The minimum atomic E-state index is -0.143. The molecule has 124 valence electrons. The van der Waals surface area contributed by atoms with E-state index in [-0.39, 0.29) is 23.9 Å². The summed E-state index contributed by atoms with van der Waals surface area (Å²) in [6.45, 7) is 2.71. The van der Waals surface area contributed by atoms with Gasteiger partial charge in [0, 0.05) is 12.2 Å². The van der Waals surface area contributed by atoms with Crippen LogP contribution in [0.5, 0.6) is 0 Å². The highest BCUT2D eigenvalue weighted by molar-refractivity contribution is 5.94. The monoisotopic (exact) mass is 325 g/mol. The number of aromatic nitrogens is 2. The summed E-state index contributed by atoms with van der Waals surface area (Å²) in [5.41, 5.74) is 7.43. The molecule has 2 heterocycles. The molecule has 1 aromatic heterocycles. The Hall–Kier alpha value is -2.85. The van der Waals surface area contributed by atoms with Crippen LogP contribution in [0.1, 0.15) is 35.7 Å². The summed E-state index contributed by atoms with van der Waals surface area (Å²) in [6.07, 6.45) is 3.51. The molecule has 2 atom stereocenters. The number of nitrogen functional groups attached to an aromatic ring is 1. The van der Waals surface area contributed by atoms with Crippen molar-refractivity contribution in [1.82, 2.24) is 15.1 Å². The number of nitrogens with two attached hydrogens (primary N) is 1. The molecule has 0 aliphatic carbocycles. The molecule has 0 spiro atoms. The van der Waals surface area contributed by atoms with E-state index < -0.39 is 0 Å². The molecule has 1 aliphatic heterocycles. The van der Waals surface area contributed by atoms with Crippen molar-refractivity contribution in [2.75, 3.05) is 12.3 Å².